The highest BCUT2D eigenvalue weighted by Crippen LogP contribution is 2.32. The SMILES string of the molecule is CCc1cccc(C(CC(F)(F)F)NC(C)=O)c1CC. The van der Waals surface area contributed by atoms with Crippen LogP contribution in [0.3, 0.4) is 0 Å². The van der Waals surface area contributed by atoms with Crippen molar-refractivity contribution in [2.45, 2.75) is 52.3 Å². The molecule has 2 nitrogen and oxygen atoms in total. The van der Waals surface area contributed by atoms with Crippen LogP contribution in [0.1, 0.15) is 49.9 Å². The summed E-state index contributed by atoms with van der Waals surface area (Å²) in [5.41, 5.74) is 2.50. The lowest BCUT2D eigenvalue weighted by Gasteiger charge is -2.23. The number of carbonyl (C=O) groups is 1. The van der Waals surface area contributed by atoms with Gasteiger partial charge in [0.15, 0.2) is 0 Å². The van der Waals surface area contributed by atoms with Gasteiger partial charge in [0.1, 0.15) is 0 Å². The van der Waals surface area contributed by atoms with Crippen LogP contribution in [0.2, 0.25) is 0 Å². The molecule has 1 unspecified atom stereocenters. The minimum absolute atomic E-state index is 0.455. The molecule has 0 radical (unpaired) electrons. The number of alkyl halides is 3. The van der Waals surface area contributed by atoms with Gasteiger partial charge in [-0.25, -0.2) is 0 Å². The van der Waals surface area contributed by atoms with Crippen LogP contribution >= 0.6 is 0 Å². The third-order valence-corrected chi connectivity index (χ3v) is 3.23. The van der Waals surface area contributed by atoms with Gasteiger partial charge in [-0.2, -0.15) is 13.2 Å². The van der Waals surface area contributed by atoms with Crippen LogP contribution in [-0.4, -0.2) is 12.1 Å². The van der Waals surface area contributed by atoms with Crippen molar-refractivity contribution < 1.29 is 18.0 Å². The first-order chi connectivity index (χ1) is 9.28. The third kappa shape index (κ3) is 4.54. The lowest BCUT2D eigenvalue weighted by atomic mass is 9.91. The molecule has 112 valence electrons. The van der Waals surface area contributed by atoms with E-state index in [-0.39, 0.29) is 0 Å². The van der Waals surface area contributed by atoms with Crippen LogP contribution in [0.5, 0.6) is 0 Å². The van der Waals surface area contributed by atoms with E-state index in [1.54, 1.807) is 12.1 Å². The van der Waals surface area contributed by atoms with Crippen molar-refractivity contribution in [2.24, 2.45) is 0 Å². The molecule has 0 aliphatic rings. The molecule has 5 heteroatoms. The van der Waals surface area contributed by atoms with Gasteiger partial charge in [0.05, 0.1) is 12.5 Å². The number of halogens is 3. The van der Waals surface area contributed by atoms with Gasteiger partial charge in [-0.1, -0.05) is 32.0 Å². The van der Waals surface area contributed by atoms with Crippen molar-refractivity contribution in [2.75, 3.05) is 0 Å². The molecule has 1 amide bonds. The third-order valence-electron chi connectivity index (χ3n) is 3.23. The Morgan fingerprint density at radius 3 is 2.35 bits per heavy atom. The zero-order chi connectivity index (χ0) is 15.3. The van der Waals surface area contributed by atoms with E-state index in [0.717, 1.165) is 17.5 Å². The topological polar surface area (TPSA) is 29.1 Å². The number of hydrogen-bond acceptors (Lipinski definition) is 1. The standard InChI is InChI=1S/C15H20F3NO/c1-4-11-7-6-8-13(12(11)5-2)14(19-10(3)20)9-15(16,17)18/h6-8,14H,4-5,9H2,1-3H3,(H,19,20). The molecule has 0 aliphatic heterocycles. The fraction of sp³-hybridized carbons (Fsp3) is 0.533. The summed E-state index contributed by atoms with van der Waals surface area (Å²) in [5.74, 6) is -0.455. The van der Waals surface area contributed by atoms with Gasteiger partial charge < -0.3 is 5.32 Å². The molecule has 0 aliphatic carbocycles. The predicted molar refractivity (Wildman–Crippen MR) is 72.4 cm³/mol. The zero-order valence-corrected chi connectivity index (χ0v) is 12.0. The number of nitrogens with one attached hydrogen (secondary N) is 1. The molecule has 0 heterocycles. The fourth-order valence-corrected chi connectivity index (χ4v) is 2.46. The van der Waals surface area contributed by atoms with Gasteiger partial charge in [0.25, 0.3) is 0 Å². The Hall–Kier alpha value is -1.52. The number of rotatable bonds is 5. The Bertz CT molecular complexity index is 469. The van der Waals surface area contributed by atoms with Crippen molar-refractivity contribution in [3.63, 3.8) is 0 Å². The van der Waals surface area contributed by atoms with Gasteiger partial charge in [-0.3, -0.25) is 4.79 Å². The monoisotopic (exact) mass is 287 g/mol. The predicted octanol–water partition coefficient (Wildman–Crippen LogP) is 3.94. The minimum atomic E-state index is -4.32. The summed E-state index contributed by atoms with van der Waals surface area (Å²) in [7, 11) is 0. The van der Waals surface area contributed by atoms with Gasteiger partial charge in [0.2, 0.25) is 5.91 Å². The van der Waals surface area contributed by atoms with Crippen LogP contribution in [0.4, 0.5) is 13.2 Å². The second-order valence-electron chi connectivity index (χ2n) is 4.76. The van der Waals surface area contributed by atoms with Gasteiger partial charge in [-0.05, 0) is 29.5 Å². The maximum atomic E-state index is 12.7. The molecular formula is C15H20F3NO. The number of amides is 1. The van der Waals surface area contributed by atoms with E-state index in [2.05, 4.69) is 5.32 Å². The highest BCUT2D eigenvalue weighted by atomic mass is 19.4. The molecule has 1 rings (SSSR count). The highest BCUT2D eigenvalue weighted by Gasteiger charge is 2.34. The van der Waals surface area contributed by atoms with Crippen molar-refractivity contribution in [1.29, 1.82) is 0 Å². The smallest absolute Gasteiger partial charge is 0.349 e. The molecule has 1 atom stereocenters. The van der Waals surface area contributed by atoms with E-state index in [4.69, 9.17) is 0 Å². The molecule has 1 aromatic rings. The fourth-order valence-electron chi connectivity index (χ4n) is 2.46. The number of hydrogen-bond donors (Lipinski definition) is 1. The van der Waals surface area contributed by atoms with E-state index in [9.17, 15) is 18.0 Å². The van der Waals surface area contributed by atoms with E-state index in [1.807, 2.05) is 19.9 Å². The molecule has 0 bridgehead atoms. The first-order valence-electron chi connectivity index (χ1n) is 6.73. The quantitative estimate of drug-likeness (QED) is 0.873. The highest BCUT2D eigenvalue weighted by molar-refractivity contribution is 5.73. The molecule has 0 saturated heterocycles. The summed E-state index contributed by atoms with van der Waals surface area (Å²) >= 11 is 0. The normalized spacial score (nSPS) is 13.1. The van der Waals surface area contributed by atoms with Crippen LogP contribution in [0.25, 0.3) is 0 Å². The van der Waals surface area contributed by atoms with Crippen LogP contribution < -0.4 is 5.32 Å². The average molecular weight is 287 g/mol. The van der Waals surface area contributed by atoms with Crippen LogP contribution in [0, 0.1) is 0 Å². The number of aryl methyl sites for hydroxylation is 1. The van der Waals surface area contributed by atoms with Crippen molar-refractivity contribution in [3.05, 3.63) is 34.9 Å². The summed E-state index contributed by atoms with van der Waals surface area (Å²) in [6, 6.07) is 4.32. The Labute approximate surface area is 117 Å². The van der Waals surface area contributed by atoms with Crippen LogP contribution in [-0.2, 0) is 17.6 Å². The first-order valence-corrected chi connectivity index (χ1v) is 6.73. The number of carbonyl (C=O) groups excluding carboxylic acids is 1. The van der Waals surface area contributed by atoms with E-state index < -0.39 is 24.5 Å². The first kappa shape index (κ1) is 16.5. The minimum Gasteiger partial charge on any atom is -0.349 e. The molecule has 0 saturated carbocycles. The van der Waals surface area contributed by atoms with Crippen molar-refractivity contribution >= 4 is 5.91 Å². The molecule has 0 aromatic heterocycles. The average Bonchev–Trinajstić information content (AvgIpc) is 2.34. The molecule has 1 N–H and O–H groups in total. The molecule has 0 fully saturated rings. The Morgan fingerprint density at radius 2 is 1.90 bits per heavy atom. The molecule has 0 spiro atoms. The Morgan fingerprint density at radius 1 is 1.25 bits per heavy atom. The van der Waals surface area contributed by atoms with E-state index >= 15 is 0 Å². The van der Waals surface area contributed by atoms with Gasteiger partial charge in [-0.15, -0.1) is 0 Å². The van der Waals surface area contributed by atoms with E-state index in [1.165, 1.54) is 6.92 Å². The maximum Gasteiger partial charge on any atom is 0.391 e. The maximum absolute atomic E-state index is 12.7. The van der Waals surface area contributed by atoms with E-state index in [0.29, 0.717) is 12.0 Å². The summed E-state index contributed by atoms with van der Waals surface area (Å²) in [5, 5.41) is 2.42. The summed E-state index contributed by atoms with van der Waals surface area (Å²) in [4.78, 5) is 11.2. The number of benzene rings is 1. The zero-order valence-electron chi connectivity index (χ0n) is 12.0. The summed E-state index contributed by atoms with van der Waals surface area (Å²) < 4.78 is 38.1. The second-order valence-corrected chi connectivity index (χ2v) is 4.76. The summed E-state index contributed by atoms with van der Waals surface area (Å²) in [6.45, 7) is 5.12. The largest absolute Gasteiger partial charge is 0.391 e. The molecule has 1 aromatic carbocycles. The summed E-state index contributed by atoms with van der Waals surface area (Å²) in [6.07, 6.45) is -3.96. The lowest BCUT2D eigenvalue weighted by Crippen LogP contribution is -2.31. The Balaban J connectivity index is 3.22. The molecular weight excluding hydrogens is 267 g/mol. The second kappa shape index (κ2) is 6.77. The van der Waals surface area contributed by atoms with Crippen LogP contribution in [0.15, 0.2) is 18.2 Å². The molecule has 20 heavy (non-hydrogen) atoms. The lowest BCUT2D eigenvalue weighted by molar-refractivity contribution is -0.142. The van der Waals surface area contributed by atoms with Gasteiger partial charge in [0, 0.05) is 6.92 Å². The van der Waals surface area contributed by atoms with Crippen molar-refractivity contribution in [1.82, 2.24) is 5.32 Å². The van der Waals surface area contributed by atoms with Gasteiger partial charge >= 0.3 is 6.18 Å². The van der Waals surface area contributed by atoms with Crippen molar-refractivity contribution in [3.8, 4) is 0 Å². The Kier molecular flexibility index (Phi) is 5.60.